The quantitative estimate of drug-likeness (QED) is 0.446. The summed E-state index contributed by atoms with van der Waals surface area (Å²) in [5, 5.41) is 26.9. The summed E-state index contributed by atoms with van der Waals surface area (Å²) in [6, 6.07) is 11.3. The molecule has 1 aromatic heterocycles. The van der Waals surface area contributed by atoms with Gasteiger partial charge in [0.15, 0.2) is 0 Å². The maximum absolute atomic E-state index is 12.6. The molecule has 10 heteroatoms. The molecule has 3 aromatic rings. The number of carboxylic acid groups (broad SMARTS) is 1. The molecule has 0 fully saturated rings. The Kier molecular flexibility index (Phi) is 5.77. The third kappa shape index (κ3) is 4.61. The van der Waals surface area contributed by atoms with Crippen molar-refractivity contribution in [2.24, 2.45) is 0 Å². The average Bonchev–Trinajstić information content (AvgIpc) is 3.17. The molecule has 0 aliphatic rings. The van der Waals surface area contributed by atoms with Crippen molar-refractivity contribution >= 4 is 23.3 Å². The number of hydrogen-bond donors (Lipinski definition) is 2. The molecular formula is C20H18N4O6. The summed E-state index contributed by atoms with van der Waals surface area (Å²) in [6.45, 7) is 3.26. The van der Waals surface area contributed by atoms with Gasteiger partial charge < -0.3 is 15.2 Å². The van der Waals surface area contributed by atoms with Gasteiger partial charge in [0.2, 0.25) is 0 Å². The number of rotatable bonds is 7. The molecule has 1 atom stereocenters. The number of ether oxygens (including phenoxy) is 1. The van der Waals surface area contributed by atoms with Gasteiger partial charge in [-0.25, -0.2) is 9.48 Å². The van der Waals surface area contributed by atoms with Crippen LogP contribution in [0.5, 0.6) is 11.5 Å². The molecule has 154 valence electrons. The van der Waals surface area contributed by atoms with Gasteiger partial charge in [-0.1, -0.05) is 12.1 Å². The monoisotopic (exact) mass is 410 g/mol. The highest BCUT2D eigenvalue weighted by Crippen LogP contribution is 2.30. The first-order chi connectivity index (χ1) is 14.2. The van der Waals surface area contributed by atoms with Crippen molar-refractivity contribution in [3.05, 3.63) is 76.1 Å². The van der Waals surface area contributed by atoms with Crippen LogP contribution in [0.1, 0.15) is 29.0 Å². The highest BCUT2D eigenvalue weighted by molar-refractivity contribution is 6.03. The first kappa shape index (κ1) is 20.5. The standard InChI is InChI=1S/C20H18N4O6/c1-12-4-3-5-16(8-12)30-17-10-14(9-15(11-17)24(28)29)22-19(25)18-6-7-21-23(18)13(2)20(26)27/h3-11,13H,1-2H3,(H,22,25)(H,26,27). The number of benzene rings is 2. The van der Waals surface area contributed by atoms with E-state index in [4.69, 9.17) is 9.84 Å². The van der Waals surface area contributed by atoms with Crippen molar-refractivity contribution in [3.63, 3.8) is 0 Å². The van der Waals surface area contributed by atoms with Crippen LogP contribution in [-0.2, 0) is 4.79 Å². The third-order valence-corrected chi connectivity index (χ3v) is 4.21. The summed E-state index contributed by atoms with van der Waals surface area (Å²) in [5.74, 6) is -1.17. The fourth-order valence-electron chi connectivity index (χ4n) is 2.74. The molecule has 0 aliphatic heterocycles. The number of hydrogen-bond acceptors (Lipinski definition) is 6. The van der Waals surface area contributed by atoms with Crippen molar-refractivity contribution in [1.29, 1.82) is 0 Å². The zero-order valence-electron chi connectivity index (χ0n) is 16.1. The number of nitrogens with zero attached hydrogens (tertiary/aromatic N) is 3. The smallest absolute Gasteiger partial charge is 0.328 e. The van der Waals surface area contributed by atoms with Crippen LogP contribution < -0.4 is 10.1 Å². The fraction of sp³-hybridized carbons (Fsp3) is 0.150. The van der Waals surface area contributed by atoms with Crippen LogP contribution in [0.15, 0.2) is 54.7 Å². The molecular weight excluding hydrogens is 392 g/mol. The number of nitro benzene ring substituents is 1. The molecule has 0 radical (unpaired) electrons. The molecule has 0 saturated carbocycles. The lowest BCUT2D eigenvalue weighted by atomic mass is 10.2. The molecule has 0 spiro atoms. The lowest BCUT2D eigenvalue weighted by Crippen LogP contribution is -2.24. The van der Waals surface area contributed by atoms with Crippen LogP contribution >= 0.6 is 0 Å². The highest BCUT2D eigenvalue weighted by Gasteiger charge is 2.22. The van der Waals surface area contributed by atoms with Crippen molar-refractivity contribution in [1.82, 2.24) is 9.78 Å². The van der Waals surface area contributed by atoms with Crippen molar-refractivity contribution in [2.75, 3.05) is 5.32 Å². The Labute approximate surface area is 170 Å². The number of aliphatic carboxylic acids is 1. The van der Waals surface area contributed by atoms with Crippen molar-refractivity contribution < 1.29 is 24.4 Å². The predicted molar refractivity (Wildman–Crippen MR) is 107 cm³/mol. The summed E-state index contributed by atoms with van der Waals surface area (Å²) >= 11 is 0. The zero-order chi connectivity index (χ0) is 21.8. The minimum Gasteiger partial charge on any atom is -0.480 e. The molecule has 0 aliphatic carbocycles. The molecule has 0 saturated heterocycles. The van der Waals surface area contributed by atoms with Crippen LogP contribution in [0.2, 0.25) is 0 Å². The van der Waals surface area contributed by atoms with E-state index in [1.165, 1.54) is 37.4 Å². The molecule has 1 unspecified atom stereocenters. The first-order valence-electron chi connectivity index (χ1n) is 8.86. The maximum Gasteiger partial charge on any atom is 0.328 e. The molecule has 1 heterocycles. The number of nitro groups is 1. The molecule has 30 heavy (non-hydrogen) atoms. The van der Waals surface area contributed by atoms with Crippen LogP contribution in [0, 0.1) is 17.0 Å². The van der Waals surface area contributed by atoms with E-state index in [1.54, 1.807) is 18.2 Å². The van der Waals surface area contributed by atoms with Gasteiger partial charge in [-0.05, 0) is 37.6 Å². The van der Waals surface area contributed by atoms with Gasteiger partial charge in [-0.3, -0.25) is 14.9 Å². The van der Waals surface area contributed by atoms with Crippen LogP contribution in [0.4, 0.5) is 11.4 Å². The number of amides is 1. The van der Waals surface area contributed by atoms with Crippen LogP contribution in [-0.4, -0.2) is 31.7 Å². The summed E-state index contributed by atoms with van der Waals surface area (Å²) in [5.41, 5.74) is 0.792. The Morgan fingerprint density at radius 3 is 2.63 bits per heavy atom. The molecule has 1 amide bonds. The number of aryl methyl sites for hydroxylation is 1. The van der Waals surface area contributed by atoms with Gasteiger partial charge in [0.25, 0.3) is 11.6 Å². The Morgan fingerprint density at radius 1 is 1.20 bits per heavy atom. The third-order valence-electron chi connectivity index (χ3n) is 4.21. The predicted octanol–water partition coefficient (Wildman–Crippen LogP) is 3.79. The summed E-state index contributed by atoms with van der Waals surface area (Å²) in [6.07, 6.45) is 1.30. The Morgan fingerprint density at radius 2 is 1.97 bits per heavy atom. The van der Waals surface area contributed by atoms with E-state index < -0.39 is 22.8 Å². The highest BCUT2D eigenvalue weighted by atomic mass is 16.6. The van der Waals surface area contributed by atoms with E-state index in [0.29, 0.717) is 5.75 Å². The van der Waals surface area contributed by atoms with E-state index in [9.17, 15) is 19.7 Å². The summed E-state index contributed by atoms with van der Waals surface area (Å²) in [4.78, 5) is 34.6. The number of non-ortho nitro benzene ring substituents is 1. The number of carbonyl (C=O) groups is 2. The number of nitrogens with one attached hydrogen (secondary N) is 1. The summed E-state index contributed by atoms with van der Waals surface area (Å²) in [7, 11) is 0. The minimum absolute atomic E-state index is 0.00226. The second-order valence-electron chi connectivity index (χ2n) is 6.52. The fourth-order valence-corrected chi connectivity index (χ4v) is 2.74. The van der Waals surface area contributed by atoms with Crippen LogP contribution in [0.25, 0.3) is 0 Å². The van der Waals surface area contributed by atoms with Gasteiger partial charge >= 0.3 is 5.97 Å². The largest absolute Gasteiger partial charge is 0.480 e. The number of anilines is 1. The average molecular weight is 410 g/mol. The van der Waals surface area contributed by atoms with Crippen molar-refractivity contribution in [3.8, 4) is 11.5 Å². The lowest BCUT2D eigenvalue weighted by molar-refractivity contribution is -0.384. The minimum atomic E-state index is -1.16. The topological polar surface area (TPSA) is 137 Å². The van der Waals surface area contributed by atoms with Gasteiger partial charge in [-0.15, -0.1) is 0 Å². The second-order valence-corrected chi connectivity index (χ2v) is 6.52. The van der Waals surface area contributed by atoms with Gasteiger partial charge in [-0.2, -0.15) is 5.10 Å². The van der Waals surface area contributed by atoms with Gasteiger partial charge in [0.1, 0.15) is 23.2 Å². The molecule has 2 N–H and O–H groups in total. The van der Waals surface area contributed by atoms with E-state index in [1.807, 2.05) is 13.0 Å². The Bertz CT molecular complexity index is 1120. The van der Waals surface area contributed by atoms with E-state index in [0.717, 1.165) is 10.2 Å². The molecule has 2 aromatic carbocycles. The SMILES string of the molecule is Cc1cccc(Oc2cc(NC(=O)c3ccnn3C(C)C(=O)O)cc([N+](=O)[O-])c2)c1. The summed E-state index contributed by atoms with van der Waals surface area (Å²) < 4.78 is 6.76. The van der Waals surface area contributed by atoms with E-state index >= 15 is 0 Å². The molecule has 10 nitrogen and oxygen atoms in total. The normalized spacial score (nSPS) is 11.5. The first-order valence-corrected chi connectivity index (χ1v) is 8.86. The second kappa shape index (κ2) is 8.43. The Hall–Kier alpha value is -4.21. The lowest BCUT2D eigenvalue weighted by Gasteiger charge is -2.12. The molecule has 0 bridgehead atoms. The van der Waals surface area contributed by atoms with Gasteiger partial charge in [0, 0.05) is 18.3 Å². The van der Waals surface area contributed by atoms with Crippen LogP contribution in [0.3, 0.4) is 0 Å². The van der Waals surface area contributed by atoms with Crippen molar-refractivity contribution in [2.45, 2.75) is 19.9 Å². The van der Waals surface area contributed by atoms with Gasteiger partial charge in [0.05, 0.1) is 16.7 Å². The Balaban J connectivity index is 1.89. The number of aromatic nitrogens is 2. The molecule has 3 rings (SSSR count). The number of carboxylic acids is 1. The maximum atomic E-state index is 12.6. The van der Waals surface area contributed by atoms with E-state index in [-0.39, 0.29) is 22.8 Å². The number of carbonyl (C=O) groups excluding carboxylic acids is 1. The van der Waals surface area contributed by atoms with E-state index in [2.05, 4.69) is 10.4 Å². The zero-order valence-corrected chi connectivity index (χ0v) is 16.1.